The van der Waals surface area contributed by atoms with Gasteiger partial charge in [0.15, 0.2) is 11.5 Å². The molecule has 3 rings (SSSR count). The maximum Gasteiger partial charge on any atom is 0.244 e. The largest absolute Gasteiger partial charge is 0.486 e. The number of ether oxygens (including phenoxy) is 2. The van der Waals surface area contributed by atoms with Crippen molar-refractivity contribution in [1.29, 1.82) is 0 Å². The van der Waals surface area contributed by atoms with Crippen molar-refractivity contribution < 1.29 is 14.3 Å². The molecule has 1 saturated heterocycles. The quantitative estimate of drug-likeness (QED) is 0.818. The van der Waals surface area contributed by atoms with Crippen LogP contribution in [0.1, 0.15) is 18.0 Å². The van der Waals surface area contributed by atoms with Crippen LogP contribution in [-0.4, -0.2) is 44.2 Å². The number of likely N-dealkylation sites (N-methyl/N-ethyl adjacent to an activating group) is 1. The lowest BCUT2D eigenvalue weighted by Crippen LogP contribution is -2.35. The van der Waals surface area contributed by atoms with Gasteiger partial charge < -0.3 is 19.7 Å². The average molecular weight is 262 g/mol. The van der Waals surface area contributed by atoms with E-state index in [9.17, 15) is 4.79 Å². The van der Waals surface area contributed by atoms with Crippen LogP contribution in [0.2, 0.25) is 0 Å². The Kier molecular flexibility index (Phi) is 3.29. The van der Waals surface area contributed by atoms with Crippen LogP contribution in [0.4, 0.5) is 0 Å². The highest BCUT2D eigenvalue weighted by atomic mass is 16.6. The molecule has 1 amide bonds. The lowest BCUT2D eigenvalue weighted by molar-refractivity contribution is -0.131. The Balaban J connectivity index is 1.90. The van der Waals surface area contributed by atoms with Crippen molar-refractivity contribution in [2.75, 3.05) is 33.4 Å². The lowest BCUT2D eigenvalue weighted by atomic mass is 10.0. The van der Waals surface area contributed by atoms with Gasteiger partial charge in [-0.2, -0.15) is 0 Å². The fourth-order valence-electron chi connectivity index (χ4n) is 2.48. The molecule has 19 heavy (non-hydrogen) atoms. The van der Waals surface area contributed by atoms with E-state index in [1.807, 2.05) is 25.2 Å². The molecule has 1 aromatic carbocycles. The van der Waals surface area contributed by atoms with Crippen LogP contribution >= 0.6 is 0 Å². The number of rotatable bonds is 1. The first-order valence-corrected chi connectivity index (χ1v) is 6.63. The molecule has 2 heterocycles. The summed E-state index contributed by atoms with van der Waals surface area (Å²) in [5.74, 6) is 1.59. The Hall–Kier alpha value is -1.75. The first-order valence-electron chi connectivity index (χ1n) is 6.63. The molecule has 0 bridgehead atoms. The van der Waals surface area contributed by atoms with Crippen molar-refractivity contribution in [3.8, 4) is 11.5 Å². The molecular weight excluding hydrogens is 244 g/mol. The molecular formula is C14H18N2O3. The van der Waals surface area contributed by atoms with E-state index in [-0.39, 0.29) is 11.9 Å². The van der Waals surface area contributed by atoms with Gasteiger partial charge >= 0.3 is 0 Å². The number of hydrogen-bond donors (Lipinski definition) is 1. The maximum absolute atomic E-state index is 12.3. The average Bonchev–Trinajstić information content (AvgIpc) is 2.61. The summed E-state index contributed by atoms with van der Waals surface area (Å²) in [5.41, 5.74) is 0.933. The second-order valence-corrected chi connectivity index (χ2v) is 4.90. The standard InChI is InChI=1S/C14H18N2O3/c1-16-6-2-5-15-13(14(16)17)10-3-4-11-12(9-10)19-8-7-18-11/h3-4,9,13,15H,2,5-8H2,1H3. The van der Waals surface area contributed by atoms with Crippen molar-refractivity contribution in [2.24, 2.45) is 0 Å². The van der Waals surface area contributed by atoms with Gasteiger partial charge in [0, 0.05) is 13.6 Å². The third kappa shape index (κ3) is 2.38. The number of nitrogens with one attached hydrogen (secondary N) is 1. The monoisotopic (exact) mass is 262 g/mol. The molecule has 2 aliphatic heterocycles. The summed E-state index contributed by atoms with van der Waals surface area (Å²) in [6, 6.07) is 5.43. The van der Waals surface area contributed by atoms with Crippen LogP contribution < -0.4 is 14.8 Å². The van der Waals surface area contributed by atoms with E-state index in [2.05, 4.69) is 5.32 Å². The normalized spacial score (nSPS) is 23.1. The predicted octanol–water partition coefficient (Wildman–Crippen LogP) is 0.951. The van der Waals surface area contributed by atoms with Crippen LogP contribution in [0.25, 0.3) is 0 Å². The van der Waals surface area contributed by atoms with E-state index in [0.29, 0.717) is 13.2 Å². The minimum atomic E-state index is -0.289. The van der Waals surface area contributed by atoms with Crippen LogP contribution in [0, 0.1) is 0 Å². The highest BCUT2D eigenvalue weighted by Crippen LogP contribution is 2.33. The first kappa shape index (κ1) is 12.3. The van der Waals surface area contributed by atoms with Crippen molar-refractivity contribution in [3.05, 3.63) is 23.8 Å². The zero-order valence-corrected chi connectivity index (χ0v) is 11.0. The minimum absolute atomic E-state index is 0.106. The van der Waals surface area contributed by atoms with Gasteiger partial charge in [-0.15, -0.1) is 0 Å². The molecule has 1 atom stereocenters. The maximum atomic E-state index is 12.3. The van der Waals surface area contributed by atoms with E-state index in [1.54, 1.807) is 4.90 Å². The van der Waals surface area contributed by atoms with Crippen LogP contribution in [0.5, 0.6) is 11.5 Å². The Bertz CT molecular complexity index is 490. The summed E-state index contributed by atoms with van der Waals surface area (Å²) in [7, 11) is 1.85. The van der Waals surface area contributed by atoms with Crippen LogP contribution in [-0.2, 0) is 4.79 Å². The molecule has 0 aromatic heterocycles. The van der Waals surface area contributed by atoms with Gasteiger partial charge in [0.2, 0.25) is 5.91 Å². The summed E-state index contributed by atoms with van der Waals surface area (Å²) < 4.78 is 11.1. The topological polar surface area (TPSA) is 50.8 Å². The van der Waals surface area contributed by atoms with Crippen molar-refractivity contribution in [1.82, 2.24) is 10.2 Å². The van der Waals surface area contributed by atoms with E-state index in [4.69, 9.17) is 9.47 Å². The van der Waals surface area contributed by atoms with E-state index < -0.39 is 0 Å². The number of nitrogens with zero attached hydrogens (tertiary/aromatic N) is 1. The Morgan fingerprint density at radius 1 is 1.26 bits per heavy atom. The Labute approximate surface area is 112 Å². The molecule has 0 radical (unpaired) electrons. The predicted molar refractivity (Wildman–Crippen MR) is 70.4 cm³/mol. The highest BCUT2D eigenvalue weighted by molar-refractivity contribution is 5.83. The highest BCUT2D eigenvalue weighted by Gasteiger charge is 2.27. The summed E-state index contributed by atoms with van der Waals surface area (Å²) in [6.07, 6.45) is 0.975. The van der Waals surface area contributed by atoms with Gasteiger partial charge in [0.1, 0.15) is 19.3 Å². The second kappa shape index (κ2) is 5.09. The molecule has 5 heteroatoms. The molecule has 1 aromatic rings. The van der Waals surface area contributed by atoms with Gasteiger partial charge in [-0.25, -0.2) is 0 Å². The first-order chi connectivity index (χ1) is 9.25. The fraction of sp³-hybridized carbons (Fsp3) is 0.500. The third-order valence-electron chi connectivity index (χ3n) is 3.54. The number of benzene rings is 1. The minimum Gasteiger partial charge on any atom is -0.486 e. The summed E-state index contributed by atoms with van der Waals surface area (Å²) in [5, 5.41) is 3.30. The molecule has 0 aliphatic carbocycles. The number of amides is 1. The zero-order chi connectivity index (χ0) is 13.2. The van der Waals surface area contributed by atoms with E-state index in [1.165, 1.54) is 0 Å². The number of fused-ring (bicyclic) bond motifs is 1. The van der Waals surface area contributed by atoms with Crippen LogP contribution in [0.3, 0.4) is 0 Å². The molecule has 5 nitrogen and oxygen atoms in total. The number of hydrogen-bond acceptors (Lipinski definition) is 4. The van der Waals surface area contributed by atoms with E-state index in [0.717, 1.165) is 36.6 Å². The number of carbonyl (C=O) groups excluding carboxylic acids is 1. The molecule has 2 aliphatic rings. The van der Waals surface area contributed by atoms with Gasteiger partial charge in [-0.3, -0.25) is 4.79 Å². The zero-order valence-electron chi connectivity index (χ0n) is 11.0. The summed E-state index contributed by atoms with van der Waals surface area (Å²) in [6.45, 7) is 2.78. The molecule has 102 valence electrons. The van der Waals surface area contributed by atoms with Gasteiger partial charge in [-0.1, -0.05) is 6.07 Å². The molecule has 0 saturated carbocycles. The smallest absolute Gasteiger partial charge is 0.244 e. The fourth-order valence-corrected chi connectivity index (χ4v) is 2.48. The summed E-state index contributed by atoms with van der Waals surface area (Å²) >= 11 is 0. The Morgan fingerprint density at radius 3 is 2.89 bits per heavy atom. The number of carbonyl (C=O) groups is 1. The SMILES string of the molecule is CN1CCCNC(c2ccc3c(c2)OCCO3)C1=O. The Morgan fingerprint density at radius 2 is 2.05 bits per heavy atom. The third-order valence-corrected chi connectivity index (χ3v) is 3.54. The van der Waals surface area contributed by atoms with Gasteiger partial charge in [0.25, 0.3) is 0 Å². The van der Waals surface area contributed by atoms with Crippen LogP contribution in [0.15, 0.2) is 18.2 Å². The second-order valence-electron chi connectivity index (χ2n) is 4.90. The van der Waals surface area contributed by atoms with Gasteiger partial charge in [0.05, 0.1) is 0 Å². The molecule has 1 unspecified atom stereocenters. The molecule has 1 fully saturated rings. The van der Waals surface area contributed by atoms with Crippen molar-refractivity contribution >= 4 is 5.91 Å². The van der Waals surface area contributed by atoms with Crippen molar-refractivity contribution in [3.63, 3.8) is 0 Å². The molecule has 0 spiro atoms. The van der Waals surface area contributed by atoms with Gasteiger partial charge in [-0.05, 0) is 30.7 Å². The molecule has 1 N–H and O–H groups in total. The lowest BCUT2D eigenvalue weighted by Gasteiger charge is -2.23. The van der Waals surface area contributed by atoms with Crippen molar-refractivity contribution in [2.45, 2.75) is 12.5 Å². The van der Waals surface area contributed by atoms with E-state index >= 15 is 0 Å². The summed E-state index contributed by atoms with van der Waals surface area (Å²) in [4.78, 5) is 14.1.